The average molecular weight is 420 g/mol. The van der Waals surface area contributed by atoms with Crippen molar-refractivity contribution in [1.82, 2.24) is 30.4 Å². The molecule has 1 saturated heterocycles. The minimum Gasteiger partial charge on any atom is -0.392 e. The van der Waals surface area contributed by atoms with Gasteiger partial charge in [0.05, 0.1) is 18.8 Å². The zero-order valence-electron chi connectivity index (χ0n) is 16.9. The lowest BCUT2D eigenvalue weighted by atomic mass is 10.1. The summed E-state index contributed by atoms with van der Waals surface area (Å²) in [4.78, 5) is 17.5. The predicted molar refractivity (Wildman–Crippen MR) is 113 cm³/mol. The first kappa shape index (κ1) is 20.9. The zero-order chi connectivity index (χ0) is 21.6. The number of amides is 1. The van der Waals surface area contributed by atoms with Crippen molar-refractivity contribution >= 4 is 12.0 Å². The number of pyridine rings is 1. The average Bonchev–Trinajstić information content (AvgIpc) is 3.40. The number of aromatic nitrogens is 4. The molecule has 160 valence electrons. The second kappa shape index (κ2) is 9.61. The summed E-state index contributed by atoms with van der Waals surface area (Å²) in [7, 11) is 0. The van der Waals surface area contributed by atoms with Crippen LogP contribution in [-0.2, 0) is 17.9 Å². The summed E-state index contributed by atoms with van der Waals surface area (Å²) in [6.07, 6.45) is 8.59. The molecule has 2 aromatic heterocycles. The Hall–Kier alpha value is -3.40. The Balaban J connectivity index is 1.40. The first-order chi connectivity index (χ1) is 15.1. The van der Waals surface area contributed by atoms with Crippen LogP contribution < -0.4 is 5.48 Å². The number of nitrogens with one attached hydrogen (secondary N) is 1. The Morgan fingerprint density at radius 1 is 1.26 bits per heavy atom. The van der Waals surface area contributed by atoms with Gasteiger partial charge in [0, 0.05) is 43.2 Å². The first-order valence-electron chi connectivity index (χ1n) is 10.0. The van der Waals surface area contributed by atoms with E-state index in [9.17, 15) is 9.90 Å². The molecule has 0 spiro atoms. The molecule has 4 rings (SSSR count). The lowest BCUT2D eigenvalue weighted by Gasteiger charge is -2.24. The minimum absolute atomic E-state index is 0.145. The number of benzene rings is 1. The molecule has 0 aliphatic carbocycles. The van der Waals surface area contributed by atoms with Crippen molar-refractivity contribution in [3.63, 3.8) is 0 Å². The van der Waals surface area contributed by atoms with Crippen LogP contribution >= 0.6 is 0 Å². The topological polar surface area (TPSA) is 116 Å². The van der Waals surface area contributed by atoms with Gasteiger partial charge in [0.2, 0.25) is 0 Å². The summed E-state index contributed by atoms with van der Waals surface area (Å²) in [5.41, 5.74) is 5.22. The van der Waals surface area contributed by atoms with Gasteiger partial charge in [0.1, 0.15) is 5.69 Å². The largest absolute Gasteiger partial charge is 0.392 e. The molecule has 31 heavy (non-hydrogen) atoms. The molecule has 3 heterocycles. The molecule has 3 aromatic rings. The highest BCUT2D eigenvalue weighted by Gasteiger charge is 2.31. The van der Waals surface area contributed by atoms with Crippen LogP contribution in [-0.4, -0.2) is 59.8 Å². The highest BCUT2D eigenvalue weighted by atomic mass is 16.5. The van der Waals surface area contributed by atoms with Gasteiger partial charge in [-0.3, -0.25) is 24.6 Å². The Morgan fingerprint density at radius 3 is 2.84 bits per heavy atom. The Bertz CT molecular complexity index is 1030. The summed E-state index contributed by atoms with van der Waals surface area (Å²) in [6, 6.07) is 11.8. The maximum atomic E-state index is 11.1. The van der Waals surface area contributed by atoms with Gasteiger partial charge in [-0.15, -0.1) is 5.10 Å². The monoisotopic (exact) mass is 420 g/mol. The Kier molecular flexibility index (Phi) is 6.46. The molecule has 3 N–H and O–H groups in total. The van der Waals surface area contributed by atoms with Crippen molar-refractivity contribution in [3.8, 4) is 11.3 Å². The summed E-state index contributed by atoms with van der Waals surface area (Å²) in [6.45, 7) is 1.95. The third-order valence-electron chi connectivity index (χ3n) is 5.30. The van der Waals surface area contributed by atoms with Gasteiger partial charge in [0.25, 0.3) is 5.91 Å². The van der Waals surface area contributed by atoms with Crippen LogP contribution in [0.3, 0.4) is 0 Å². The van der Waals surface area contributed by atoms with Gasteiger partial charge < -0.3 is 5.11 Å². The molecule has 1 aliphatic rings. The van der Waals surface area contributed by atoms with E-state index in [1.807, 2.05) is 47.3 Å². The molecular weight excluding hydrogens is 396 g/mol. The molecule has 1 fully saturated rings. The van der Waals surface area contributed by atoms with Gasteiger partial charge in [-0.1, -0.05) is 29.5 Å². The van der Waals surface area contributed by atoms with Crippen molar-refractivity contribution in [2.45, 2.75) is 31.7 Å². The fourth-order valence-electron chi connectivity index (χ4n) is 3.77. The quantitative estimate of drug-likeness (QED) is 0.301. The molecule has 0 bridgehead atoms. The van der Waals surface area contributed by atoms with Gasteiger partial charge in [-0.05, 0) is 35.8 Å². The van der Waals surface area contributed by atoms with Crippen LogP contribution in [0.25, 0.3) is 17.3 Å². The number of aliphatic hydroxyl groups excluding tert-OH is 1. The third kappa shape index (κ3) is 5.40. The van der Waals surface area contributed by atoms with Gasteiger partial charge >= 0.3 is 0 Å². The van der Waals surface area contributed by atoms with E-state index in [0.29, 0.717) is 26.1 Å². The number of hydrogen-bond donors (Lipinski definition) is 3. The molecule has 0 saturated carbocycles. The summed E-state index contributed by atoms with van der Waals surface area (Å²) in [5, 5.41) is 27.3. The van der Waals surface area contributed by atoms with Crippen molar-refractivity contribution < 1.29 is 15.1 Å². The highest BCUT2D eigenvalue weighted by molar-refractivity contribution is 5.90. The summed E-state index contributed by atoms with van der Waals surface area (Å²) >= 11 is 0. The molecule has 9 heteroatoms. The van der Waals surface area contributed by atoms with E-state index in [1.165, 1.54) is 6.08 Å². The molecule has 9 nitrogen and oxygen atoms in total. The number of hydroxylamine groups is 1. The predicted octanol–water partition coefficient (Wildman–Crippen LogP) is 1.49. The van der Waals surface area contributed by atoms with Crippen LogP contribution in [0.4, 0.5) is 0 Å². The zero-order valence-corrected chi connectivity index (χ0v) is 16.9. The molecule has 2 atom stereocenters. The summed E-state index contributed by atoms with van der Waals surface area (Å²) in [5.74, 6) is -0.572. The Labute approximate surface area is 179 Å². The van der Waals surface area contributed by atoms with Crippen LogP contribution in [0.5, 0.6) is 0 Å². The maximum absolute atomic E-state index is 11.1. The normalized spacial score (nSPS) is 19.2. The van der Waals surface area contributed by atoms with Crippen LogP contribution in [0.1, 0.15) is 17.5 Å². The van der Waals surface area contributed by atoms with Gasteiger partial charge in [0.15, 0.2) is 0 Å². The van der Waals surface area contributed by atoms with E-state index < -0.39 is 5.91 Å². The number of hydrogen-bond acceptors (Lipinski definition) is 7. The number of carbonyl (C=O) groups is 1. The number of rotatable bonds is 7. The lowest BCUT2D eigenvalue weighted by Crippen LogP contribution is -2.32. The minimum atomic E-state index is -0.572. The Morgan fingerprint density at radius 2 is 2.10 bits per heavy atom. The number of β-amino-alcohol motifs (C(OH)–C–C–N with tert-alkyl or cyclic N) is 1. The van der Waals surface area contributed by atoms with E-state index >= 15 is 0 Å². The fourth-order valence-corrected chi connectivity index (χ4v) is 3.77. The maximum Gasteiger partial charge on any atom is 0.267 e. The van der Waals surface area contributed by atoms with Gasteiger partial charge in [-0.25, -0.2) is 5.48 Å². The summed E-state index contributed by atoms with van der Waals surface area (Å²) < 4.78 is 1.82. The van der Waals surface area contributed by atoms with Crippen molar-refractivity contribution in [3.05, 3.63) is 72.2 Å². The van der Waals surface area contributed by atoms with E-state index in [0.717, 1.165) is 22.4 Å². The molecule has 1 aromatic carbocycles. The smallest absolute Gasteiger partial charge is 0.267 e. The van der Waals surface area contributed by atoms with Crippen molar-refractivity contribution in [2.24, 2.45) is 0 Å². The second-order valence-corrected chi connectivity index (χ2v) is 7.59. The first-order valence-corrected chi connectivity index (χ1v) is 10.0. The van der Waals surface area contributed by atoms with E-state index in [-0.39, 0.29) is 12.1 Å². The van der Waals surface area contributed by atoms with E-state index in [2.05, 4.69) is 20.2 Å². The molecule has 0 unspecified atom stereocenters. The third-order valence-corrected chi connectivity index (χ3v) is 5.30. The van der Waals surface area contributed by atoms with Crippen molar-refractivity contribution in [2.75, 3.05) is 6.54 Å². The molecular formula is C22H24N6O3. The number of aliphatic hydroxyl groups is 1. The fraction of sp³-hybridized carbons (Fsp3) is 0.273. The van der Waals surface area contributed by atoms with Crippen molar-refractivity contribution in [1.29, 1.82) is 0 Å². The molecule has 0 radical (unpaired) electrons. The number of nitrogens with zero attached hydrogens (tertiary/aromatic N) is 5. The number of likely N-dealkylation sites (tertiary alicyclic amines) is 1. The van der Waals surface area contributed by atoms with Crippen LogP contribution in [0.15, 0.2) is 61.1 Å². The number of carbonyl (C=O) groups excluding carboxylic acids is 1. The van der Waals surface area contributed by atoms with E-state index in [4.69, 9.17) is 5.21 Å². The second-order valence-electron chi connectivity index (χ2n) is 7.59. The van der Waals surface area contributed by atoms with Gasteiger partial charge in [-0.2, -0.15) is 0 Å². The van der Waals surface area contributed by atoms with E-state index in [1.54, 1.807) is 23.9 Å². The highest BCUT2D eigenvalue weighted by Crippen LogP contribution is 2.23. The molecule has 1 aliphatic heterocycles. The van der Waals surface area contributed by atoms with Crippen LogP contribution in [0, 0.1) is 0 Å². The van der Waals surface area contributed by atoms with Crippen LogP contribution in [0.2, 0.25) is 0 Å². The molecule has 1 amide bonds. The standard InChI is InChI=1S/C22H24N6O3/c29-20-10-19(13-28-15-21(24-26-28)18-2-1-9-23-11-18)27(14-20)12-17-5-3-16(4-6-17)7-8-22(30)25-31/h1-9,11,15,19-20,29,31H,10,12-14H2,(H,25,30)/t19-,20-/m1/s1. The SMILES string of the molecule is O=C(C=Cc1ccc(CN2C[C@H](O)C[C@@H]2Cn2cc(-c3cccnc3)nn2)cc1)NO. The lowest BCUT2D eigenvalue weighted by molar-refractivity contribution is -0.124.